The van der Waals surface area contributed by atoms with E-state index in [4.69, 9.17) is 11.6 Å². The van der Waals surface area contributed by atoms with Crippen molar-refractivity contribution in [1.29, 1.82) is 0 Å². The molecule has 1 aliphatic rings. The summed E-state index contributed by atoms with van der Waals surface area (Å²) in [5.41, 5.74) is 3.09. The maximum Gasteiger partial charge on any atom is 0.224 e. The van der Waals surface area contributed by atoms with Crippen molar-refractivity contribution >= 4 is 34.5 Å². The lowest BCUT2D eigenvalue weighted by molar-refractivity contribution is 0.249. The monoisotopic (exact) mass is 464 g/mol. The Hall–Kier alpha value is -3.34. The number of aromatic amines is 1. The maximum atomic E-state index is 6.06. The van der Waals surface area contributed by atoms with Gasteiger partial charge in [0.05, 0.1) is 11.1 Å². The van der Waals surface area contributed by atoms with Gasteiger partial charge in [0.1, 0.15) is 5.69 Å². The molecule has 4 heterocycles. The first-order chi connectivity index (χ1) is 16.2. The molecule has 0 bridgehead atoms. The Morgan fingerprint density at radius 1 is 1.03 bits per heavy atom. The topological polar surface area (TPSA) is 120 Å². The maximum absolute atomic E-state index is 6.06. The lowest BCUT2D eigenvalue weighted by Gasteiger charge is -2.27. The summed E-state index contributed by atoms with van der Waals surface area (Å²) in [4.78, 5) is 20.4. The van der Waals surface area contributed by atoms with Gasteiger partial charge in [-0.2, -0.15) is 10.1 Å². The SMILES string of the molecule is Clc1cccc(CNc2nccc(-c3n[nH]c4nc(NCCN5CCNCC5)ncc34)n2)c1. The minimum atomic E-state index is 0.510. The highest BCUT2D eigenvalue weighted by Crippen LogP contribution is 2.24. The van der Waals surface area contributed by atoms with Gasteiger partial charge in [-0.05, 0) is 23.8 Å². The van der Waals surface area contributed by atoms with Crippen LogP contribution in [0.1, 0.15) is 5.56 Å². The highest BCUT2D eigenvalue weighted by Gasteiger charge is 2.13. The van der Waals surface area contributed by atoms with Crippen molar-refractivity contribution < 1.29 is 0 Å². The minimum absolute atomic E-state index is 0.510. The number of rotatable bonds is 8. The van der Waals surface area contributed by atoms with Crippen molar-refractivity contribution in [1.82, 2.24) is 40.3 Å². The summed E-state index contributed by atoms with van der Waals surface area (Å²) in [7, 11) is 0. The number of aromatic nitrogens is 6. The van der Waals surface area contributed by atoms with E-state index >= 15 is 0 Å². The summed E-state index contributed by atoms with van der Waals surface area (Å²) in [5.74, 6) is 1.09. The third-order valence-electron chi connectivity index (χ3n) is 5.48. The van der Waals surface area contributed by atoms with Gasteiger partial charge in [0.15, 0.2) is 5.65 Å². The van der Waals surface area contributed by atoms with Crippen LogP contribution in [0.3, 0.4) is 0 Å². The molecule has 0 amide bonds. The Balaban J connectivity index is 1.25. The van der Waals surface area contributed by atoms with E-state index in [0.29, 0.717) is 40.5 Å². The third-order valence-corrected chi connectivity index (χ3v) is 5.71. The third kappa shape index (κ3) is 5.36. The normalized spacial score (nSPS) is 14.5. The van der Waals surface area contributed by atoms with Crippen LogP contribution in [0, 0.1) is 0 Å². The van der Waals surface area contributed by atoms with Gasteiger partial charge in [-0.15, -0.1) is 0 Å². The van der Waals surface area contributed by atoms with Gasteiger partial charge in [-0.25, -0.2) is 15.0 Å². The molecule has 1 saturated heterocycles. The van der Waals surface area contributed by atoms with Crippen molar-refractivity contribution in [3.63, 3.8) is 0 Å². The van der Waals surface area contributed by atoms with E-state index in [1.165, 1.54) is 0 Å². The average Bonchev–Trinajstić information content (AvgIpc) is 3.27. The molecule has 1 aromatic carbocycles. The highest BCUT2D eigenvalue weighted by molar-refractivity contribution is 6.30. The largest absolute Gasteiger partial charge is 0.353 e. The Kier molecular flexibility index (Phi) is 6.56. The summed E-state index contributed by atoms with van der Waals surface area (Å²) in [6.45, 7) is 6.54. The minimum Gasteiger partial charge on any atom is -0.353 e. The van der Waals surface area contributed by atoms with Crippen LogP contribution in [-0.4, -0.2) is 74.3 Å². The fourth-order valence-corrected chi connectivity index (χ4v) is 3.97. The first-order valence-corrected chi connectivity index (χ1v) is 11.3. The van der Waals surface area contributed by atoms with Crippen molar-refractivity contribution in [2.45, 2.75) is 6.54 Å². The Labute approximate surface area is 196 Å². The number of piperazine rings is 1. The smallest absolute Gasteiger partial charge is 0.224 e. The molecule has 0 radical (unpaired) electrons. The highest BCUT2D eigenvalue weighted by atomic mass is 35.5. The molecule has 0 unspecified atom stereocenters. The fourth-order valence-electron chi connectivity index (χ4n) is 3.75. The molecule has 10 nitrogen and oxygen atoms in total. The van der Waals surface area contributed by atoms with Crippen LogP contribution in [0.15, 0.2) is 42.7 Å². The second-order valence-electron chi connectivity index (χ2n) is 7.80. The molecule has 5 rings (SSSR count). The van der Waals surface area contributed by atoms with Gasteiger partial charge in [-0.3, -0.25) is 10.00 Å². The van der Waals surface area contributed by atoms with Crippen LogP contribution in [0.4, 0.5) is 11.9 Å². The molecular weight excluding hydrogens is 440 g/mol. The Bertz CT molecular complexity index is 1220. The van der Waals surface area contributed by atoms with Crippen LogP contribution in [0.5, 0.6) is 0 Å². The molecule has 1 fully saturated rings. The van der Waals surface area contributed by atoms with Gasteiger partial charge in [0.2, 0.25) is 11.9 Å². The van der Waals surface area contributed by atoms with E-state index in [-0.39, 0.29) is 0 Å². The predicted molar refractivity (Wildman–Crippen MR) is 129 cm³/mol. The summed E-state index contributed by atoms with van der Waals surface area (Å²) < 4.78 is 0. The number of benzene rings is 1. The molecule has 4 aromatic rings. The van der Waals surface area contributed by atoms with Crippen LogP contribution < -0.4 is 16.0 Å². The second kappa shape index (κ2) is 10.1. The summed E-state index contributed by atoms with van der Waals surface area (Å²) >= 11 is 6.06. The van der Waals surface area contributed by atoms with Crippen LogP contribution >= 0.6 is 11.6 Å². The zero-order chi connectivity index (χ0) is 22.5. The molecule has 11 heteroatoms. The van der Waals surface area contributed by atoms with Gasteiger partial charge < -0.3 is 16.0 Å². The van der Waals surface area contributed by atoms with Gasteiger partial charge in [-0.1, -0.05) is 23.7 Å². The predicted octanol–water partition coefficient (Wildman–Crippen LogP) is 2.39. The molecule has 1 aliphatic heterocycles. The zero-order valence-corrected chi connectivity index (χ0v) is 18.8. The lowest BCUT2D eigenvalue weighted by atomic mass is 10.2. The van der Waals surface area contributed by atoms with Crippen molar-refractivity contribution in [2.75, 3.05) is 49.9 Å². The van der Waals surface area contributed by atoms with E-state index in [9.17, 15) is 0 Å². The van der Waals surface area contributed by atoms with E-state index < -0.39 is 0 Å². The summed E-state index contributed by atoms with van der Waals surface area (Å²) in [6, 6.07) is 9.49. The molecule has 3 aromatic heterocycles. The number of fused-ring (bicyclic) bond motifs is 1. The zero-order valence-electron chi connectivity index (χ0n) is 18.1. The summed E-state index contributed by atoms with van der Waals surface area (Å²) in [6.07, 6.45) is 3.48. The van der Waals surface area contributed by atoms with Crippen LogP contribution in [-0.2, 0) is 6.54 Å². The molecule has 170 valence electrons. The molecule has 4 N–H and O–H groups in total. The Morgan fingerprint density at radius 2 is 1.91 bits per heavy atom. The molecule has 0 saturated carbocycles. The number of nitrogens with zero attached hydrogens (tertiary/aromatic N) is 6. The van der Waals surface area contributed by atoms with Gasteiger partial charge >= 0.3 is 0 Å². The number of halogens is 1. The van der Waals surface area contributed by atoms with E-state index in [1.54, 1.807) is 12.4 Å². The Morgan fingerprint density at radius 3 is 2.79 bits per heavy atom. The lowest BCUT2D eigenvalue weighted by Crippen LogP contribution is -2.45. The van der Waals surface area contributed by atoms with Crippen LogP contribution in [0.2, 0.25) is 5.02 Å². The van der Waals surface area contributed by atoms with E-state index in [1.807, 2.05) is 30.3 Å². The standard InChI is InChI=1S/C22H25ClN10/c23-16-3-1-2-15(12-16)13-27-21-25-5-4-18(29-21)19-17-14-28-22(30-20(17)32-31-19)26-8-11-33-9-6-24-7-10-33/h1-5,12,14,24H,6-11,13H2,(H,25,27,29)(H2,26,28,30,31,32). The quantitative estimate of drug-likeness (QED) is 0.311. The van der Waals surface area contributed by atoms with Gasteiger partial charge in [0, 0.05) is 63.2 Å². The second-order valence-corrected chi connectivity index (χ2v) is 8.23. The molecule has 0 spiro atoms. The van der Waals surface area contributed by atoms with E-state index in [0.717, 1.165) is 50.2 Å². The van der Waals surface area contributed by atoms with Gasteiger partial charge in [0.25, 0.3) is 0 Å². The number of nitrogens with one attached hydrogen (secondary N) is 4. The fraction of sp³-hybridized carbons (Fsp3) is 0.318. The summed E-state index contributed by atoms with van der Waals surface area (Å²) in [5, 5.41) is 18.8. The van der Waals surface area contributed by atoms with Crippen LogP contribution in [0.25, 0.3) is 22.4 Å². The first-order valence-electron chi connectivity index (χ1n) is 10.9. The molecule has 0 aliphatic carbocycles. The van der Waals surface area contributed by atoms with Crippen molar-refractivity contribution in [2.24, 2.45) is 0 Å². The molecular formula is C22H25ClN10. The first kappa shape index (κ1) is 21.5. The molecule has 0 atom stereocenters. The number of H-pyrrole nitrogens is 1. The van der Waals surface area contributed by atoms with Crippen molar-refractivity contribution in [3.05, 3.63) is 53.3 Å². The van der Waals surface area contributed by atoms with E-state index in [2.05, 4.69) is 51.0 Å². The number of hydrogen-bond acceptors (Lipinski definition) is 9. The van der Waals surface area contributed by atoms with Crippen molar-refractivity contribution in [3.8, 4) is 11.4 Å². The molecule has 33 heavy (non-hydrogen) atoms. The number of anilines is 2. The average molecular weight is 465 g/mol. The number of hydrogen-bond donors (Lipinski definition) is 4.